The van der Waals surface area contributed by atoms with Gasteiger partial charge in [0.1, 0.15) is 4.90 Å². The highest BCUT2D eigenvalue weighted by Crippen LogP contribution is 2.34. The van der Waals surface area contributed by atoms with Crippen LogP contribution in [0.15, 0.2) is 47.4 Å². The van der Waals surface area contributed by atoms with Crippen LogP contribution in [-0.2, 0) is 16.2 Å². The fourth-order valence-corrected chi connectivity index (χ4v) is 3.52. The molecule has 0 saturated carbocycles. The van der Waals surface area contributed by atoms with E-state index in [9.17, 15) is 21.6 Å². The molecule has 2 aromatic rings. The quantitative estimate of drug-likeness (QED) is 0.843. The van der Waals surface area contributed by atoms with Crippen LogP contribution in [0.2, 0.25) is 10.0 Å². The number of sulfonamides is 1. The molecule has 0 atom stereocenters. The second kappa shape index (κ2) is 5.98. The highest BCUT2D eigenvalue weighted by atomic mass is 35.5. The lowest BCUT2D eigenvalue weighted by Gasteiger charge is -2.13. The number of hydrogen-bond acceptors (Lipinski definition) is 2. The summed E-state index contributed by atoms with van der Waals surface area (Å²) >= 11 is 11.5. The van der Waals surface area contributed by atoms with Crippen LogP contribution in [-0.4, -0.2) is 8.42 Å². The number of benzene rings is 2. The van der Waals surface area contributed by atoms with Gasteiger partial charge in [0.2, 0.25) is 0 Å². The van der Waals surface area contributed by atoms with Gasteiger partial charge in [-0.05, 0) is 30.3 Å². The van der Waals surface area contributed by atoms with Gasteiger partial charge in [0.15, 0.2) is 0 Å². The highest BCUT2D eigenvalue weighted by molar-refractivity contribution is 7.92. The molecule has 9 heteroatoms. The van der Waals surface area contributed by atoms with Gasteiger partial charge in [-0.2, -0.15) is 13.2 Å². The molecule has 0 aliphatic carbocycles. The van der Waals surface area contributed by atoms with Gasteiger partial charge < -0.3 is 0 Å². The monoisotopic (exact) mass is 369 g/mol. The van der Waals surface area contributed by atoms with E-state index in [-0.39, 0.29) is 20.6 Å². The van der Waals surface area contributed by atoms with Gasteiger partial charge >= 0.3 is 6.18 Å². The van der Waals surface area contributed by atoms with Crippen molar-refractivity contribution in [1.29, 1.82) is 0 Å². The molecule has 2 rings (SSSR count). The van der Waals surface area contributed by atoms with Crippen molar-refractivity contribution in [2.45, 2.75) is 11.1 Å². The molecule has 1 N–H and O–H groups in total. The van der Waals surface area contributed by atoms with Crippen molar-refractivity contribution in [2.24, 2.45) is 0 Å². The molecule has 0 radical (unpaired) electrons. The minimum Gasteiger partial charge on any atom is -0.278 e. The van der Waals surface area contributed by atoms with E-state index >= 15 is 0 Å². The fraction of sp³-hybridized carbons (Fsp3) is 0.0769. The van der Waals surface area contributed by atoms with Crippen LogP contribution < -0.4 is 4.72 Å². The van der Waals surface area contributed by atoms with Crippen LogP contribution in [0.4, 0.5) is 18.9 Å². The third-order valence-electron chi connectivity index (χ3n) is 2.67. The first-order valence-electron chi connectivity index (χ1n) is 5.75. The Balaban J connectivity index is 2.37. The molecule has 0 aromatic heterocycles. The summed E-state index contributed by atoms with van der Waals surface area (Å²) in [5.41, 5.74) is -1.15. The second-order valence-electron chi connectivity index (χ2n) is 4.23. The Kier molecular flexibility index (Phi) is 4.60. The summed E-state index contributed by atoms with van der Waals surface area (Å²) < 4.78 is 64.1. The van der Waals surface area contributed by atoms with Crippen LogP contribution in [0.5, 0.6) is 0 Å². The molecule has 0 unspecified atom stereocenters. The van der Waals surface area contributed by atoms with E-state index in [0.29, 0.717) is 6.07 Å². The number of anilines is 1. The number of halogens is 5. The maximum Gasteiger partial charge on any atom is 0.416 e. The van der Waals surface area contributed by atoms with Crippen LogP contribution in [0.1, 0.15) is 5.56 Å². The SMILES string of the molecule is O=S(=O)(Nc1ccc(C(F)(F)F)cc1Cl)c1ccccc1Cl. The van der Waals surface area contributed by atoms with Gasteiger partial charge in [0.25, 0.3) is 10.0 Å². The van der Waals surface area contributed by atoms with E-state index < -0.39 is 21.8 Å². The van der Waals surface area contributed by atoms with Gasteiger partial charge in [-0.1, -0.05) is 35.3 Å². The number of hydrogen-bond donors (Lipinski definition) is 1. The highest BCUT2D eigenvalue weighted by Gasteiger charge is 2.31. The van der Waals surface area contributed by atoms with Crippen LogP contribution in [0, 0.1) is 0 Å². The van der Waals surface area contributed by atoms with E-state index in [0.717, 1.165) is 12.1 Å². The molecule has 0 aliphatic rings. The Morgan fingerprint density at radius 1 is 0.955 bits per heavy atom. The zero-order valence-electron chi connectivity index (χ0n) is 10.7. The lowest BCUT2D eigenvalue weighted by molar-refractivity contribution is -0.137. The van der Waals surface area contributed by atoms with Crippen molar-refractivity contribution < 1.29 is 21.6 Å². The zero-order valence-corrected chi connectivity index (χ0v) is 13.0. The smallest absolute Gasteiger partial charge is 0.278 e. The Bertz CT molecular complexity index is 807. The lowest BCUT2D eigenvalue weighted by Crippen LogP contribution is -2.14. The summed E-state index contributed by atoms with van der Waals surface area (Å²) in [7, 11) is -4.06. The van der Waals surface area contributed by atoms with Crippen molar-refractivity contribution in [3.8, 4) is 0 Å². The molecule has 22 heavy (non-hydrogen) atoms. The molecule has 0 spiro atoms. The summed E-state index contributed by atoms with van der Waals surface area (Å²) in [4.78, 5) is -0.201. The van der Waals surface area contributed by atoms with Gasteiger partial charge in [-0.3, -0.25) is 4.72 Å². The minimum atomic E-state index is -4.57. The normalized spacial score (nSPS) is 12.2. The van der Waals surface area contributed by atoms with E-state index in [4.69, 9.17) is 23.2 Å². The zero-order chi connectivity index (χ0) is 16.5. The molecule has 2 aromatic carbocycles. The summed E-state index contributed by atoms with van der Waals surface area (Å²) in [6, 6.07) is 7.98. The van der Waals surface area contributed by atoms with E-state index in [2.05, 4.69) is 4.72 Å². The summed E-state index contributed by atoms with van der Waals surface area (Å²) in [6.45, 7) is 0. The first kappa shape index (κ1) is 16.9. The maximum absolute atomic E-state index is 12.5. The van der Waals surface area contributed by atoms with Gasteiger partial charge in [0, 0.05) is 0 Å². The van der Waals surface area contributed by atoms with Crippen molar-refractivity contribution in [3.63, 3.8) is 0 Å². The molecule has 0 heterocycles. The first-order valence-corrected chi connectivity index (χ1v) is 7.99. The molecular formula is C13H8Cl2F3NO2S. The molecule has 0 amide bonds. The Morgan fingerprint density at radius 2 is 1.59 bits per heavy atom. The van der Waals surface area contributed by atoms with Gasteiger partial charge in [-0.25, -0.2) is 8.42 Å². The molecule has 0 aliphatic heterocycles. The third kappa shape index (κ3) is 3.66. The standard InChI is InChI=1S/C13H8Cl2F3NO2S/c14-9-3-1-2-4-12(9)22(20,21)19-11-6-5-8(7-10(11)15)13(16,17)18/h1-7,19H. The molecule has 0 fully saturated rings. The number of rotatable bonds is 3. The first-order chi connectivity index (χ1) is 10.1. The maximum atomic E-state index is 12.5. The largest absolute Gasteiger partial charge is 0.416 e. The van der Waals surface area contributed by atoms with Gasteiger partial charge in [-0.15, -0.1) is 0 Å². The Morgan fingerprint density at radius 3 is 2.14 bits per heavy atom. The predicted molar refractivity (Wildman–Crippen MR) is 78.7 cm³/mol. The van der Waals surface area contributed by atoms with E-state index in [1.807, 2.05) is 0 Å². The van der Waals surface area contributed by atoms with E-state index in [1.54, 1.807) is 6.07 Å². The van der Waals surface area contributed by atoms with Crippen LogP contribution >= 0.6 is 23.2 Å². The number of alkyl halides is 3. The molecule has 3 nitrogen and oxygen atoms in total. The van der Waals surface area contributed by atoms with Crippen molar-refractivity contribution in [3.05, 3.63) is 58.1 Å². The lowest BCUT2D eigenvalue weighted by atomic mass is 10.2. The molecular weight excluding hydrogens is 362 g/mol. The molecule has 0 bridgehead atoms. The van der Waals surface area contributed by atoms with E-state index in [1.165, 1.54) is 18.2 Å². The van der Waals surface area contributed by atoms with Gasteiger partial charge in [0.05, 0.1) is 21.3 Å². The van der Waals surface area contributed by atoms with Crippen molar-refractivity contribution >= 4 is 38.9 Å². The average Bonchev–Trinajstić information content (AvgIpc) is 2.40. The van der Waals surface area contributed by atoms with Crippen LogP contribution in [0.25, 0.3) is 0 Å². The second-order valence-corrected chi connectivity index (χ2v) is 6.69. The Labute approximate surface area is 134 Å². The topological polar surface area (TPSA) is 46.2 Å². The third-order valence-corrected chi connectivity index (χ3v) is 4.84. The minimum absolute atomic E-state index is 0.0157. The summed E-state index contributed by atoms with van der Waals surface area (Å²) in [5, 5.41) is -0.386. The van der Waals surface area contributed by atoms with Crippen LogP contribution in [0.3, 0.4) is 0 Å². The summed E-state index contributed by atoms with van der Waals surface area (Å²) in [5.74, 6) is 0. The molecule has 0 saturated heterocycles. The van der Waals surface area contributed by atoms with Crippen molar-refractivity contribution in [2.75, 3.05) is 4.72 Å². The fourth-order valence-electron chi connectivity index (χ4n) is 1.64. The Hall–Kier alpha value is -1.44. The summed E-state index contributed by atoms with van der Waals surface area (Å²) in [6.07, 6.45) is -4.57. The number of nitrogens with one attached hydrogen (secondary N) is 1. The average molecular weight is 370 g/mol. The van der Waals surface area contributed by atoms with Crippen molar-refractivity contribution in [1.82, 2.24) is 0 Å². The molecule has 118 valence electrons. The predicted octanol–water partition coefficient (Wildman–Crippen LogP) is 4.81.